The Kier molecular flexibility index (Phi) is 4.94. The highest BCUT2D eigenvalue weighted by molar-refractivity contribution is 6.06. The number of carbonyl (C=O) groups excluding carboxylic acids is 3. The quantitative estimate of drug-likeness (QED) is 0.681. The number of rotatable bonds is 4. The van der Waals surface area contributed by atoms with E-state index in [0.29, 0.717) is 31.7 Å². The predicted molar refractivity (Wildman–Crippen MR) is 103 cm³/mol. The number of piperazine rings is 1. The second-order valence-corrected chi connectivity index (χ2v) is 6.61. The van der Waals surface area contributed by atoms with Gasteiger partial charge in [0.1, 0.15) is 5.82 Å². The number of pyridine rings is 1. The molecule has 0 spiro atoms. The van der Waals surface area contributed by atoms with E-state index >= 15 is 0 Å². The van der Waals surface area contributed by atoms with Gasteiger partial charge in [0.2, 0.25) is 12.2 Å². The molecule has 1 aliphatic rings. The van der Waals surface area contributed by atoms with Gasteiger partial charge in [0, 0.05) is 32.4 Å². The first-order valence-corrected chi connectivity index (χ1v) is 9.10. The second-order valence-electron chi connectivity index (χ2n) is 6.61. The molecule has 3 aromatic rings. The SMILES string of the molecule is O=CN1CCN(C(=O)c2nc(C(=O)Nc3ccccc3F)n3ccccc23)CC1. The van der Waals surface area contributed by atoms with E-state index in [9.17, 15) is 18.8 Å². The highest BCUT2D eigenvalue weighted by atomic mass is 19.1. The fraction of sp³-hybridized carbons (Fsp3) is 0.200. The molecule has 1 fully saturated rings. The number of anilines is 1. The average molecular weight is 395 g/mol. The number of para-hydroxylation sites is 1. The Labute approximate surface area is 165 Å². The van der Waals surface area contributed by atoms with Gasteiger partial charge < -0.3 is 15.1 Å². The Hall–Kier alpha value is -3.75. The third-order valence-electron chi connectivity index (χ3n) is 4.83. The third-order valence-corrected chi connectivity index (χ3v) is 4.83. The number of imidazole rings is 1. The molecule has 8 nitrogen and oxygen atoms in total. The molecule has 29 heavy (non-hydrogen) atoms. The third kappa shape index (κ3) is 3.54. The predicted octanol–water partition coefficient (Wildman–Crippen LogP) is 1.64. The summed E-state index contributed by atoms with van der Waals surface area (Å²) in [5.74, 6) is -1.52. The number of aromatic nitrogens is 2. The fourth-order valence-electron chi connectivity index (χ4n) is 3.28. The molecule has 2 aromatic heterocycles. The highest BCUT2D eigenvalue weighted by Gasteiger charge is 2.27. The van der Waals surface area contributed by atoms with Crippen LogP contribution in [0.5, 0.6) is 0 Å². The first-order valence-electron chi connectivity index (χ1n) is 9.10. The maximum Gasteiger partial charge on any atom is 0.292 e. The minimum atomic E-state index is -0.624. The topological polar surface area (TPSA) is 87.0 Å². The first-order chi connectivity index (χ1) is 14.1. The van der Waals surface area contributed by atoms with Crippen LogP contribution >= 0.6 is 0 Å². The van der Waals surface area contributed by atoms with Crippen molar-refractivity contribution >= 4 is 29.4 Å². The lowest BCUT2D eigenvalue weighted by Crippen LogP contribution is -2.48. The van der Waals surface area contributed by atoms with Gasteiger partial charge in [-0.3, -0.25) is 18.8 Å². The van der Waals surface area contributed by atoms with Crippen LogP contribution in [0, 0.1) is 5.82 Å². The molecule has 4 rings (SSSR count). The van der Waals surface area contributed by atoms with Gasteiger partial charge in [-0.15, -0.1) is 0 Å². The average Bonchev–Trinajstić information content (AvgIpc) is 3.15. The molecule has 3 amide bonds. The molecule has 148 valence electrons. The summed E-state index contributed by atoms with van der Waals surface area (Å²) in [5.41, 5.74) is 0.654. The lowest BCUT2D eigenvalue weighted by atomic mass is 10.2. The van der Waals surface area contributed by atoms with E-state index in [1.54, 1.807) is 40.3 Å². The molecule has 1 N–H and O–H groups in total. The zero-order valence-corrected chi connectivity index (χ0v) is 15.4. The number of hydrogen-bond acceptors (Lipinski definition) is 4. The number of benzene rings is 1. The summed E-state index contributed by atoms with van der Waals surface area (Å²) in [6.07, 6.45) is 2.39. The van der Waals surface area contributed by atoms with Crippen molar-refractivity contribution in [1.29, 1.82) is 0 Å². The van der Waals surface area contributed by atoms with Crippen LogP contribution in [0.1, 0.15) is 21.1 Å². The molecule has 0 atom stereocenters. The molecule has 9 heteroatoms. The maximum absolute atomic E-state index is 13.9. The largest absolute Gasteiger partial charge is 0.342 e. The van der Waals surface area contributed by atoms with E-state index in [4.69, 9.17) is 0 Å². The van der Waals surface area contributed by atoms with Gasteiger partial charge in [-0.1, -0.05) is 18.2 Å². The van der Waals surface area contributed by atoms with E-state index in [-0.39, 0.29) is 23.1 Å². The van der Waals surface area contributed by atoms with E-state index in [2.05, 4.69) is 10.3 Å². The molecule has 1 aromatic carbocycles. The summed E-state index contributed by atoms with van der Waals surface area (Å²) < 4.78 is 15.4. The van der Waals surface area contributed by atoms with Crippen molar-refractivity contribution in [2.75, 3.05) is 31.5 Å². The molecule has 3 heterocycles. The number of fused-ring (bicyclic) bond motifs is 1. The van der Waals surface area contributed by atoms with Crippen molar-refractivity contribution < 1.29 is 18.8 Å². The number of amides is 3. The summed E-state index contributed by atoms with van der Waals surface area (Å²) in [7, 11) is 0. The first kappa shape index (κ1) is 18.6. The lowest BCUT2D eigenvalue weighted by Gasteiger charge is -2.32. The number of carbonyl (C=O) groups is 3. The van der Waals surface area contributed by atoms with Gasteiger partial charge in [0.25, 0.3) is 11.8 Å². The monoisotopic (exact) mass is 395 g/mol. The number of nitrogens with one attached hydrogen (secondary N) is 1. The zero-order chi connectivity index (χ0) is 20.4. The van der Waals surface area contributed by atoms with Crippen molar-refractivity contribution in [3.63, 3.8) is 0 Å². The molecule has 1 aliphatic heterocycles. The van der Waals surface area contributed by atoms with Crippen LogP contribution in [0.4, 0.5) is 10.1 Å². The van der Waals surface area contributed by atoms with Crippen molar-refractivity contribution in [2.24, 2.45) is 0 Å². The summed E-state index contributed by atoms with van der Waals surface area (Å²) in [6.45, 7) is 1.67. The fourth-order valence-corrected chi connectivity index (χ4v) is 3.28. The highest BCUT2D eigenvalue weighted by Crippen LogP contribution is 2.19. The summed E-state index contributed by atoms with van der Waals surface area (Å²) in [6, 6.07) is 11.0. The van der Waals surface area contributed by atoms with Crippen molar-refractivity contribution in [1.82, 2.24) is 19.2 Å². The van der Waals surface area contributed by atoms with E-state index in [1.807, 2.05) is 0 Å². The van der Waals surface area contributed by atoms with Crippen molar-refractivity contribution in [3.05, 3.63) is 66.0 Å². The Morgan fingerprint density at radius 1 is 1.03 bits per heavy atom. The van der Waals surface area contributed by atoms with Crippen LogP contribution in [0.25, 0.3) is 5.52 Å². The van der Waals surface area contributed by atoms with Gasteiger partial charge in [-0.25, -0.2) is 9.37 Å². The Bertz CT molecular complexity index is 1090. The number of hydrogen-bond donors (Lipinski definition) is 1. The zero-order valence-electron chi connectivity index (χ0n) is 15.4. The summed E-state index contributed by atoms with van der Waals surface area (Å²) in [5, 5.41) is 2.50. The van der Waals surface area contributed by atoms with Gasteiger partial charge in [0.15, 0.2) is 5.69 Å². The summed E-state index contributed by atoms with van der Waals surface area (Å²) in [4.78, 5) is 44.1. The second kappa shape index (κ2) is 7.70. The minimum Gasteiger partial charge on any atom is -0.342 e. The smallest absolute Gasteiger partial charge is 0.292 e. The van der Waals surface area contributed by atoms with Gasteiger partial charge >= 0.3 is 0 Å². The minimum absolute atomic E-state index is 0.0151. The van der Waals surface area contributed by atoms with Crippen LogP contribution in [0.2, 0.25) is 0 Å². The molecule has 0 saturated carbocycles. The normalized spacial score (nSPS) is 14.1. The molecule has 1 saturated heterocycles. The molecular formula is C20H18FN5O3. The Balaban J connectivity index is 1.65. The van der Waals surface area contributed by atoms with Gasteiger partial charge in [-0.05, 0) is 24.3 Å². The van der Waals surface area contributed by atoms with E-state index in [0.717, 1.165) is 6.41 Å². The number of halogens is 1. The molecule has 0 radical (unpaired) electrons. The lowest BCUT2D eigenvalue weighted by molar-refractivity contribution is -0.119. The Morgan fingerprint density at radius 3 is 2.48 bits per heavy atom. The molecule has 0 bridgehead atoms. The standard InChI is InChI=1S/C20H18FN5O3/c21-14-5-1-2-6-15(14)22-19(28)18-23-17(16-7-3-4-8-26(16)18)20(29)25-11-9-24(13-27)10-12-25/h1-8,13H,9-12H2,(H,22,28). The van der Waals surface area contributed by atoms with Gasteiger partial charge in [-0.2, -0.15) is 0 Å². The van der Waals surface area contributed by atoms with Crippen LogP contribution in [-0.4, -0.2) is 63.6 Å². The van der Waals surface area contributed by atoms with Crippen LogP contribution in [0.15, 0.2) is 48.7 Å². The molecule has 0 unspecified atom stereocenters. The van der Waals surface area contributed by atoms with Crippen molar-refractivity contribution in [2.45, 2.75) is 0 Å². The van der Waals surface area contributed by atoms with E-state index < -0.39 is 11.7 Å². The summed E-state index contributed by atoms with van der Waals surface area (Å²) >= 11 is 0. The van der Waals surface area contributed by atoms with Crippen LogP contribution in [-0.2, 0) is 4.79 Å². The van der Waals surface area contributed by atoms with Crippen LogP contribution < -0.4 is 5.32 Å². The van der Waals surface area contributed by atoms with Gasteiger partial charge in [0.05, 0.1) is 11.2 Å². The molecular weight excluding hydrogens is 377 g/mol. The number of nitrogens with zero attached hydrogens (tertiary/aromatic N) is 4. The molecule has 0 aliphatic carbocycles. The van der Waals surface area contributed by atoms with Crippen LogP contribution in [0.3, 0.4) is 0 Å². The van der Waals surface area contributed by atoms with E-state index in [1.165, 1.54) is 22.6 Å². The maximum atomic E-state index is 13.9. The Morgan fingerprint density at radius 2 is 1.76 bits per heavy atom. The van der Waals surface area contributed by atoms with Crippen molar-refractivity contribution in [3.8, 4) is 0 Å².